The molecule has 0 bridgehead atoms. The number of hydrogen-bond acceptors (Lipinski definition) is 3. The van der Waals surface area contributed by atoms with Gasteiger partial charge in [0.15, 0.2) is 0 Å². The van der Waals surface area contributed by atoms with Crippen molar-refractivity contribution in [2.75, 3.05) is 20.2 Å². The van der Waals surface area contributed by atoms with Crippen LogP contribution in [0.4, 0.5) is 0 Å². The summed E-state index contributed by atoms with van der Waals surface area (Å²) in [6, 6.07) is 0.822. The molecule has 0 aromatic carbocycles. The largest absolute Gasteiger partial charge is 0.394 e. The lowest BCUT2D eigenvalue weighted by Crippen LogP contribution is -2.48. The molecular formula is C13H26N2O. The fourth-order valence-corrected chi connectivity index (χ4v) is 3.18. The predicted molar refractivity (Wildman–Crippen MR) is 66.2 cm³/mol. The highest BCUT2D eigenvalue weighted by Gasteiger charge is 2.38. The van der Waals surface area contributed by atoms with Gasteiger partial charge >= 0.3 is 0 Å². The Balaban J connectivity index is 1.76. The molecule has 0 spiro atoms. The first-order valence-electron chi connectivity index (χ1n) is 6.76. The van der Waals surface area contributed by atoms with Gasteiger partial charge in [0.05, 0.1) is 6.61 Å². The van der Waals surface area contributed by atoms with Crippen molar-refractivity contribution in [3.8, 4) is 0 Å². The second-order valence-electron chi connectivity index (χ2n) is 5.83. The number of aliphatic hydroxyl groups excluding tert-OH is 1. The SMILES string of the molecule is CN(CCC1CCCC1(N)CO)C1CCC1. The van der Waals surface area contributed by atoms with Crippen molar-refractivity contribution in [2.45, 2.75) is 56.5 Å². The van der Waals surface area contributed by atoms with Crippen LogP contribution in [-0.4, -0.2) is 41.8 Å². The Morgan fingerprint density at radius 3 is 2.62 bits per heavy atom. The third-order valence-corrected chi connectivity index (χ3v) is 4.83. The first-order valence-corrected chi connectivity index (χ1v) is 6.76. The lowest BCUT2D eigenvalue weighted by molar-refractivity contribution is 0.121. The molecule has 2 fully saturated rings. The fraction of sp³-hybridized carbons (Fsp3) is 1.00. The summed E-state index contributed by atoms with van der Waals surface area (Å²) in [6.45, 7) is 1.30. The van der Waals surface area contributed by atoms with E-state index in [1.165, 1.54) is 32.1 Å². The smallest absolute Gasteiger partial charge is 0.0613 e. The van der Waals surface area contributed by atoms with Crippen molar-refractivity contribution in [3.63, 3.8) is 0 Å². The van der Waals surface area contributed by atoms with Crippen molar-refractivity contribution >= 4 is 0 Å². The van der Waals surface area contributed by atoms with E-state index in [-0.39, 0.29) is 12.1 Å². The molecule has 0 aliphatic heterocycles. The minimum absolute atomic E-state index is 0.158. The highest BCUT2D eigenvalue weighted by atomic mass is 16.3. The minimum Gasteiger partial charge on any atom is -0.394 e. The van der Waals surface area contributed by atoms with Crippen molar-refractivity contribution in [2.24, 2.45) is 11.7 Å². The molecule has 2 unspecified atom stereocenters. The number of nitrogens with zero attached hydrogens (tertiary/aromatic N) is 1. The molecule has 3 heteroatoms. The third-order valence-electron chi connectivity index (χ3n) is 4.83. The molecule has 2 rings (SSSR count). The molecule has 0 amide bonds. The van der Waals surface area contributed by atoms with Crippen LogP contribution in [0.3, 0.4) is 0 Å². The number of aliphatic hydroxyl groups is 1. The highest BCUT2D eigenvalue weighted by molar-refractivity contribution is 4.96. The summed E-state index contributed by atoms with van der Waals surface area (Å²) in [7, 11) is 2.23. The molecule has 0 aromatic heterocycles. The number of nitrogens with two attached hydrogens (primary N) is 1. The maximum absolute atomic E-state index is 9.39. The van der Waals surface area contributed by atoms with Gasteiger partial charge < -0.3 is 15.7 Å². The fourth-order valence-electron chi connectivity index (χ4n) is 3.18. The van der Waals surface area contributed by atoms with Crippen molar-refractivity contribution in [3.05, 3.63) is 0 Å². The lowest BCUT2D eigenvalue weighted by Gasteiger charge is -2.37. The molecule has 0 radical (unpaired) electrons. The van der Waals surface area contributed by atoms with Crippen LogP contribution < -0.4 is 5.73 Å². The first-order chi connectivity index (χ1) is 7.65. The van der Waals surface area contributed by atoms with Gasteiger partial charge in [-0.25, -0.2) is 0 Å². The van der Waals surface area contributed by atoms with Gasteiger partial charge in [0, 0.05) is 11.6 Å². The van der Waals surface area contributed by atoms with Gasteiger partial charge in [0.25, 0.3) is 0 Å². The second kappa shape index (κ2) is 5.03. The van der Waals surface area contributed by atoms with E-state index in [0.717, 1.165) is 25.4 Å². The summed E-state index contributed by atoms with van der Waals surface area (Å²) >= 11 is 0. The van der Waals surface area contributed by atoms with Crippen LogP contribution in [0.15, 0.2) is 0 Å². The second-order valence-corrected chi connectivity index (χ2v) is 5.83. The first kappa shape index (κ1) is 12.3. The molecular weight excluding hydrogens is 200 g/mol. The maximum atomic E-state index is 9.39. The summed E-state index contributed by atoms with van der Waals surface area (Å²) in [5, 5.41) is 9.39. The van der Waals surface area contributed by atoms with Gasteiger partial charge in [0.2, 0.25) is 0 Å². The Morgan fingerprint density at radius 1 is 1.31 bits per heavy atom. The van der Waals surface area contributed by atoms with Gasteiger partial charge in [-0.3, -0.25) is 0 Å². The standard InChI is InChI=1S/C13H26N2O/c1-15(12-5-2-6-12)9-7-11-4-3-8-13(11,14)10-16/h11-12,16H,2-10,14H2,1H3. The quantitative estimate of drug-likeness (QED) is 0.744. The van der Waals surface area contributed by atoms with Gasteiger partial charge in [-0.1, -0.05) is 12.8 Å². The topological polar surface area (TPSA) is 49.5 Å². The molecule has 2 aliphatic rings. The molecule has 3 N–H and O–H groups in total. The zero-order valence-electron chi connectivity index (χ0n) is 10.5. The van der Waals surface area contributed by atoms with Gasteiger partial charge in [-0.2, -0.15) is 0 Å². The molecule has 0 heterocycles. The van der Waals surface area contributed by atoms with Crippen molar-refractivity contribution in [1.29, 1.82) is 0 Å². The lowest BCUT2D eigenvalue weighted by atomic mass is 9.85. The average Bonchev–Trinajstić information content (AvgIpc) is 2.55. The molecule has 0 saturated heterocycles. The maximum Gasteiger partial charge on any atom is 0.0613 e. The van der Waals surface area contributed by atoms with Gasteiger partial charge in [-0.15, -0.1) is 0 Å². The van der Waals surface area contributed by atoms with E-state index in [9.17, 15) is 5.11 Å². The molecule has 3 nitrogen and oxygen atoms in total. The third kappa shape index (κ3) is 2.41. The molecule has 2 atom stereocenters. The van der Waals surface area contributed by atoms with Crippen LogP contribution in [0.5, 0.6) is 0 Å². The summed E-state index contributed by atoms with van der Waals surface area (Å²) in [4.78, 5) is 2.49. The minimum atomic E-state index is -0.277. The van der Waals surface area contributed by atoms with Crippen LogP contribution in [0.2, 0.25) is 0 Å². The van der Waals surface area contributed by atoms with Crippen molar-refractivity contribution in [1.82, 2.24) is 4.90 Å². The zero-order valence-corrected chi connectivity index (χ0v) is 10.5. The average molecular weight is 226 g/mol. The monoisotopic (exact) mass is 226 g/mol. The van der Waals surface area contributed by atoms with Crippen LogP contribution >= 0.6 is 0 Å². The molecule has 16 heavy (non-hydrogen) atoms. The van der Waals surface area contributed by atoms with E-state index in [0.29, 0.717) is 5.92 Å². The van der Waals surface area contributed by atoms with E-state index >= 15 is 0 Å². The highest BCUT2D eigenvalue weighted by Crippen LogP contribution is 2.36. The van der Waals surface area contributed by atoms with Gasteiger partial charge in [0.1, 0.15) is 0 Å². The Kier molecular flexibility index (Phi) is 3.88. The molecule has 2 aliphatic carbocycles. The van der Waals surface area contributed by atoms with Crippen molar-refractivity contribution < 1.29 is 5.11 Å². The molecule has 0 aromatic rings. The normalized spacial score (nSPS) is 35.6. The van der Waals surface area contributed by atoms with E-state index in [2.05, 4.69) is 11.9 Å². The summed E-state index contributed by atoms with van der Waals surface area (Å²) in [5.41, 5.74) is 5.97. The Hall–Kier alpha value is -0.120. The molecule has 2 saturated carbocycles. The van der Waals surface area contributed by atoms with Gasteiger partial charge in [-0.05, 0) is 51.6 Å². The zero-order chi connectivity index (χ0) is 11.6. The van der Waals surface area contributed by atoms with E-state index in [1.54, 1.807) is 0 Å². The predicted octanol–water partition coefficient (Wildman–Crippen LogP) is 1.35. The van der Waals surface area contributed by atoms with E-state index < -0.39 is 0 Å². The number of rotatable bonds is 5. The van der Waals surface area contributed by atoms with Crippen LogP contribution in [0, 0.1) is 5.92 Å². The summed E-state index contributed by atoms with van der Waals surface area (Å²) < 4.78 is 0. The van der Waals surface area contributed by atoms with Crippen LogP contribution in [0.25, 0.3) is 0 Å². The molecule has 94 valence electrons. The van der Waals surface area contributed by atoms with Crippen LogP contribution in [-0.2, 0) is 0 Å². The van der Waals surface area contributed by atoms with E-state index in [1.807, 2.05) is 0 Å². The van der Waals surface area contributed by atoms with E-state index in [4.69, 9.17) is 5.73 Å². The van der Waals surface area contributed by atoms with Crippen LogP contribution in [0.1, 0.15) is 44.9 Å². The summed E-state index contributed by atoms with van der Waals surface area (Å²) in [5.74, 6) is 0.528. The Labute approximate surface area is 99.0 Å². The Morgan fingerprint density at radius 2 is 2.06 bits per heavy atom. The summed E-state index contributed by atoms with van der Waals surface area (Å²) in [6.07, 6.45) is 8.69. The number of hydrogen-bond donors (Lipinski definition) is 2. The Bertz CT molecular complexity index is 230.